The van der Waals surface area contributed by atoms with E-state index in [-0.39, 0.29) is 23.4 Å². The van der Waals surface area contributed by atoms with Crippen LogP contribution in [0, 0.1) is 0 Å². The van der Waals surface area contributed by atoms with E-state index in [2.05, 4.69) is 45.5 Å². The number of hydrogen-bond acceptors (Lipinski definition) is 6. The molecule has 4 rings (SSSR count). The molecule has 9 heteroatoms. The Balaban J connectivity index is 1.58. The van der Waals surface area contributed by atoms with E-state index in [0.717, 1.165) is 25.9 Å². The molecule has 3 heterocycles. The predicted octanol–water partition coefficient (Wildman–Crippen LogP) is 2.29. The number of hydrogen-bond donors (Lipinski definition) is 2. The van der Waals surface area contributed by atoms with Crippen LogP contribution < -0.4 is 16.6 Å². The predicted molar refractivity (Wildman–Crippen MR) is 117 cm³/mol. The number of pyridine rings is 1. The summed E-state index contributed by atoms with van der Waals surface area (Å²) in [4.78, 5) is 46.2. The number of thiophene rings is 1. The molecule has 158 valence electrons. The number of fused-ring (bicyclic) bond motifs is 1. The highest BCUT2D eigenvalue weighted by Gasteiger charge is 2.28. The van der Waals surface area contributed by atoms with Gasteiger partial charge in [0.25, 0.3) is 11.5 Å². The number of aromatic nitrogens is 3. The lowest BCUT2D eigenvalue weighted by Crippen LogP contribution is -2.38. The number of carbonyl (C=O) groups excluding carboxylic acids is 1. The van der Waals surface area contributed by atoms with Gasteiger partial charge < -0.3 is 5.32 Å². The van der Waals surface area contributed by atoms with Crippen LogP contribution in [0.4, 0.5) is 0 Å². The highest BCUT2D eigenvalue weighted by atomic mass is 32.1. The molecule has 30 heavy (non-hydrogen) atoms. The molecule has 1 aliphatic carbocycles. The lowest BCUT2D eigenvalue weighted by Gasteiger charge is -2.29. The van der Waals surface area contributed by atoms with Gasteiger partial charge >= 0.3 is 5.69 Å². The molecule has 1 unspecified atom stereocenters. The van der Waals surface area contributed by atoms with Crippen LogP contribution in [0.5, 0.6) is 0 Å². The van der Waals surface area contributed by atoms with Crippen LogP contribution in [-0.2, 0) is 0 Å². The van der Waals surface area contributed by atoms with E-state index < -0.39 is 11.2 Å². The molecule has 1 saturated carbocycles. The smallest absolute Gasteiger partial charge is 0.330 e. The second-order valence-electron chi connectivity index (χ2n) is 7.46. The molecule has 2 N–H and O–H groups in total. The summed E-state index contributed by atoms with van der Waals surface area (Å²) in [5.41, 5.74) is 0.844. The molecule has 3 aromatic heterocycles. The van der Waals surface area contributed by atoms with Gasteiger partial charge in [-0.3, -0.25) is 24.0 Å². The van der Waals surface area contributed by atoms with Gasteiger partial charge in [-0.25, -0.2) is 9.78 Å². The lowest BCUT2D eigenvalue weighted by molar-refractivity contribution is 0.0935. The minimum atomic E-state index is -0.520. The minimum Gasteiger partial charge on any atom is -0.350 e. The van der Waals surface area contributed by atoms with E-state index in [1.807, 2.05) is 5.38 Å². The molecule has 0 saturated heterocycles. The number of rotatable bonds is 8. The number of likely N-dealkylation sites (N-methyl/N-ethyl adjacent to an activating group) is 1. The Labute approximate surface area is 177 Å². The maximum absolute atomic E-state index is 12.8. The van der Waals surface area contributed by atoms with Crippen molar-refractivity contribution in [1.82, 2.24) is 24.8 Å². The fourth-order valence-electron chi connectivity index (χ4n) is 3.81. The summed E-state index contributed by atoms with van der Waals surface area (Å²) in [6.07, 6.45) is 3.22. The zero-order valence-corrected chi connectivity index (χ0v) is 17.9. The molecule has 1 amide bonds. The lowest BCUT2D eigenvalue weighted by atomic mass is 10.1. The SMILES string of the molecule is CCN(CC)C(CNC(=O)c1cnc2c(c1)c(=O)[nH]c(=O)n2C1CC1)c1ccsc1. The monoisotopic (exact) mass is 427 g/mol. The van der Waals surface area contributed by atoms with Gasteiger partial charge in [0, 0.05) is 18.8 Å². The zero-order valence-electron chi connectivity index (χ0n) is 17.1. The Morgan fingerprint density at radius 2 is 2.13 bits per heavy atom. The Kier molecular flexibility index (Phi) is 5.83. The summed E-state index contributed by atoms with van der Waals surface area (Å²) in [7, 11) is 0. The summed E-state index contributed by atoms with van der Waals surface area (Å²) >= 11 is 1.63. The molecular weight excluding hydrogens is 402 g/mol. The van der Waals surface area contributed by atoms with E-state index in [1.165, 1.54) is 22.4 Å². The molecule has 0 bridgehead atoms. The van der Waals surface area contributed by atoms with Crippen LogP contribution >= 0.6 is 11.3 Å². The Bertz CT molecular complexity index is 1160. The summed E-state index contributed by atoms with van der Waals surface area (Å²) < 4.78 is 1.52. The van der Waals surface area contributed by atoms with Gasteiger partial charge in [0.05, 0.1) is 17.0 Å². The molecule has 8 nitrogen and oxygen atoms in total. The molecule has 0 radical (unpaired) electrons. The maximum Gasteiger partial charge on any atom is 0.330 e. The van der Waals surface area contributed by atoms with Crippen molar-refractivity contribution in [1.29, 1.82) is 0 Å². The van der Waals surface area contributed by atoms with Crippen molar-refractivity contribution in [2.45, 2.75) is 38.8 Å². The van der Waals surface area contributed by atoms with E-state index in [0.29, 0.717) is 17.8 Å². The average Bonchev–Trinajstić information content (AvgIpc) is 3.43. The number of H-pyrrole nitrogens is 1. The van der Waals surface area contributed by atoms with Gasteiger partial charge in [-0.2, -0.15) is 11.3 Å². The maximum atomic E-state index is 12.8. The minimum absolute atomic E-state index is 0.0736. The van der Waals surface area contributed by atoms with Gasteiger partial charge in [0.2, 0.25) is 0 Å². The van der Waals surface area contributed by atoms with E-state index in [1.54, 1.807) is 11.3 Å². The Morgan fingerprint density at radius 1 is 1.37 bits per heavy atom. The van der Waals surface area contributed by atoms with Crippen molar-refractivity contribution in [2.24, 2.45) is 0 Å². The highest BCUT2D eigenvalue weighted by molar-refractivity contribution is 7.08. The molecule has 1 atom stereocenters. The summed E-state index contributed by atoms with van der Waals surface area (Å²) in [6.45, 7) is 6.40. The second kappa shape index (κ2) is 8.53. The normalized spacial score (nSPS) is 14.9. The molecule has 1 aliphatic rings. The number of carbonyl (C=O) groups is 1. The first-order valence-electron chi connectivity index (χ1n) is 10.2. The third-order valence-corrected chi connectivity index (χ3v) is 6.29. The van der Waals surface area contributed by atoms with Crippen molar-refractivity contribution >= 4 is 28.3 Å². The quantitative estimate of drug-likeness (QED) is 0.575. The van der Waals surface area contributed by atoms with Gasteiger partial charge in [-0.15, -0.1) is 0 Å². The Morgan fingerprint density at radius 3 is 2.77 bits per heavy atom. The molecule has 0 aliphatic heterocycles. The van der Waals surface area contributed by atoms with Crippen LogP contribution in [0.1, 0.15) is 54.7 Å². The summed E-state index contributed by atoms with van der Waals surface area (Å²) in [5.74, 6) is -0.291. The fraction of sp³-hybridized carbons (Fsp3) is 0.429. The van der Waals surface area contributed by atoms with Crippen molar-refractivity contribution in [3.63, 3.8) is 0 Å². The van der Waals surface area contributed by atoms with Crippen molar-refractivity contribution < 1.29 is 4.79 Å². The van der Waals surface area contributed by atoms with Crippen LogP contribution in [0.25, 0.3) is 11.0 Å². The van der Waals surface area contributed by atoms with Crippen molar-refractivity contribution in [3.05, 3.63) is 61.1 Å². The first-order chi connectivity index (χ1) is 14.5. The number of nitrogens with one attached hydrogen (secondary N) is 2. The average molecular weight is 428 g/mol. The third kappa shape index (κ3) is 3.95. The van der Waals surface area contributed by atoms with Crippen LogP contribution in [-0.4, -0.2) is 45.0 Å². The molecule has 3 aromatic rings. The van der Waals surface area contributed by atoms with Gasteiger partial charge in [-0.1, -0.05) is 13.8 Å². The van der Waals surface area contributed by atoms with E-state index in [9.17, 15) is 14.4 Å². The van der Waals surface area contributed by atoms with Crippen molar-refractivity contribution in [2.75, 3.05) is 19.6 Å². The van der Waals surface area contributed by atoms with Crippen LogP contribution in [0.15, 0.2) is 38.7 Å². The van der Waals surface area contributed by atoms with E-state index >= 15 is 0 Å². The standard InChI is InChI=1S/C21H25N5O3S/c1-3-25(4-2)17(13-7-8-30-12-13)11-23-19(27)14-9-16-18(22-10-14)26(15-5-6-15)21(29)24-20(16)28/h7-10,12,15,17H,3-6,11H2,1-2H3,(H,23,27)(H,24,28,29). The molecular formula is C21H25N5O3S. The fourth-order valence-corrected chi connectivity index (χ4v) is 4.52. The Hall–Kier alpha value is -2.78. The largest absolute Gasteiger partial charge is 0.350 e. The number of nitrogens with zero attached hydrogens (tertiary/aromatic N) is 3. The number of amides is 1. The van der Waals surface area contributed by atoms with Gasteiger partial charge in [0.15, 0.2) is 0 Å². The molecule has 0 spiro atoms. The highest BCUT2D eigenvalue weighted by Crippen LogP contribution is 2.34. The number of aromatic amines is 1. The van der Waals surface area contributed by atoms with Crippen molar-refractivity contribution in [3.8, 4) is 0 Å². The first-order valence-corrected chi connectivity index (χ1v) is 11.2. The molecule has 1 fully saturated rings. The molecule has 0 aromatic carbocycles. The zero-order chi connectivity index (χ0) is 21.3. The second-order valence-corrected chi connectivity index (χ2v) is 8.24. The van der Waals surface area contributed by atoms with E-state index in [4.69, 9.17) is 0 Å². The van der Waals surface area contributed by atoms with Gasteiger partial charge in [0.1, 0.15) is 5.65 Å². The van der Waals surface area contributed by atoms with Gasteiger partial charge in [-0.05, 0) is 54.4 Å². The first kappa shape index (κ1) is 20.5. The third-order valence-electron chi connectivity index (χ3n) is 5.59. The summed E-state index contributed by atoms with van der Waals surface area (Å²) in [6, 6.07) is 3.75. The summed E-state index contributed by atoms with van der Waals surface area (Å²) in [5, 5.41) is 7.38. The van der Waals surface area contributed by atoms with Crippen LogP contribution in [0.2, 0.25) is 0 Å². The topological polar surface area (TPSA) is 100 Å². The van der Waals surface area contributed by atoms with Crippen LogP contribution in [0.3, 0.4) is 0 Å².